The normalized spacial score (nSPS) is 12.8. The highest BCUT2D eigenvalue weighted by Crippen LogP contribution is 2.34. The van der Waals surface area contributed by atoms with E-state index in [-0.39, 0.29) is 11.1 Å². The van der Waals surface area contributed by atoms with Crippen LogP contribution >= 0.6 is 22.9 Å². The molecule has 6 nitrogen and oxygen atoms in total. The molecule has 0 amide bonds. The van der Waals surface area contributed by atoms with Gasteiger partial charge in [-0.25, -0.2) is 9.78 Å². The second-order valence-corrected chi connectivity index (χ2v) is 10.4. The molecule has 0 aliphatic heterocycles. The molecule has 2 heterocycles. The van der Waals surface area contributed by atoms with Gasteiger partial charge >= 0.3 is 5.97 Å². The van der Waals surface area contributed by atoms with Crippen LogP contribution in [-0.4, -0.2) is 26.2 Å². The van der Waals surface area contributed by atoms with Gasteiger partial charge in [-0.15, -0.1) is 11.3 Å². The van der Waals surface area contributed by atoms with Crippen molar-refractivity contribution in [3.8, 4) is 16.8 Å². The number of ether oxygens (including phenoxy) is 1. The molecule has 0 aliphatic rings. The average Bonchev–Trinajstić information content (AvgIpc) is 3.23. The number of nitrogens with zero attached hydrogens (tertiary/aromatic N) is 2. The van der Waals surface area contributed by atoms with Crippen molar-refractivity contribution in [2.24, 2.45) is 0 Å². The van der Waals surface area contributed by atoms with E-state index < -0.39 is 17.7 Å². The number of hydrogen-bond donors (Lipinski definition) is 1. The van der Waals surface area contributed by atoms with Crippen LogP contribution < -0.4 is 5.43 Å². The fraction of sp³-hybridized carbons (Fsp3) is 0.269. The Morgan fingerprint density at radius 3 is 2.44 bits per heavy atom. The Bertz CT molecular complexity index is 1450. The Morgan fingerprint density at radius 2 is 1.82 bits per heavy atom. The Hall–Kier alpha value is -3.00. The lowest BCUT2D eigenvalue weighted by atomic mass is 9.97. The van der Waals surface area contributed by atoms with Gasteiger partial charge in [0.25, 0.3) is 0 Å². The molecule has 0 saturated heterocycles. The van der Waals surface area contributed by atoms with E-state index in [9.17, 15) is 14.7 Å². The van der Waals surface area contributed by atoms with Gasteiger partial charge in [0.1, 0.15) is 0 Å². The molecule has 176 valence electrons. The molecule has 2 aromatic carbocycles. The lowest BCUT2D eigenvalue weighted by Crippen LogP contribution is -2.32. The highest BCUT2D eigenvalue weighted by Gasteiger charge is 2.33. The van der Waals surface area contributed by atoms with Crippen LogP contribution in [0.2, 0.25) is 5.02 Å². The molecule has 0 bridgehead atoms. The van der Waals surface area contributed by atoms with Crippen LogP contribution in [0.3, 0.4) is 0 Å². The Balaban J connectivity index is 2.08. The molecule has 0 radical (unpaired) electrons. The first kappa shape index (κ1) is 24.1. The van der Waals surface area contributed by atoms with E-state index in [1.807, 2.05) is 25.1 Å². The van der Waals surface area contributed by atoms with Crippen LogP contribution in [0.15, 0.2) is 52.8 Å². The van der Waals surface area contributed by atoms with Crippen LogP contribution in [0.5, 0.6) is 0 Å². The molecule has 8 heteroatoms. The summed E-state index contributed by atoms with van der Waals surface area (Å²) in [5, 5.41) is 10.7. The molecule has 2 aromatic heterocycles. The molecule has 0 saturated carbocycles. The number of benzene rings is 2. The molecular formula is C26H25ClN2O4S. The molecule has 1 atom stereocenters. The SMILES string of the molecule is Cc1c(C(OC(C)(C)C)C(=O)O)n(-c2ccc(Cl)cc2)c(C)c(-c2ccc3ncsc3c2)c1=O. The molecule has 0 fully saturated rings. The molecule has 4 aromatic rings. The van der Waals surface area contributed by atoms with E-state index in [0.717, 1.165) is 15.8 Å². The van der Waals surface area contributed by atoms with E-state index in [1.54, 1.807) is 62.0 Å². The number of pyridine rings is 1. The van der Waals surface area contributed by atoms with Crippen molar-refractivity contribution in [1.82, 2.24) is 9.55 Å². The smallest absolute Gasteiger partial charge is 0.339 e. The zero-order valence-electron chi connectivity index (χ0n) is 19.5. The standard InChI is InChI=1S/C26H25ClN2O4S/c1-14-22(24(25(31)32)33-26(3,4)5)29(18-9-7-17(27)8-10-18)15(2)21(23(14)30)16-6-11-19-20(12-16)34-13-28-19/h6-13,24H,1-5H3,(H,31,32). The summed E-state index contributed by atoms with van der Waals surface area (Å²) < 4.78 is 8.73. The third-order valence-electron chi connectivity index (χ3n) is 5.54. The van der Waals surface area contributed by atoms with E-state index in [2.05, 4.69) is 4.98 Å². The Kier molecular flexibility index (Phi) is 6.38. The lowest BCUT2D eigenvalue weighted by molar-refractivity contribution is -0.161. The zero-order valence-corrected chi connectivity index (χ0v) is 21.1. The summed E-state index contributed by atoms with van der Waals surface area (Å²) in [6, 6.07) is 12.8. The minimum atomic E-state index is -1.35. The maximum atomic E-state index is 13.7. The summed E-state index contributed by atoms with van der Waals surface area (Å²) in [7, 11) is 0. The van der Waals surface area contributed by atoms with Gasteiger partial charge < -0.3 is 14.4 Å². The number of carbonyl (C=O) groups is 1. The van der Waals surface area contributed by atoms with E-state index in [4.69, 9.17) is 16.3 Å². The monoisotopic (exact) mass is 496 g/mol. The minimum Gasteiger partial charge on any atom is -0.479 e. The predicted octanol–water partition coefficient (Wildman–Crippen LogP) is 6.33. The van der Waals surface area contributed by atoms with Gasteiger partial charge in [0.15, 0.2) is 11.5 Å². The maximum Gasteiger partial charge on any atom is 0.339 e. The molecule has 1 N–H and O–H groups in total. The molecule has 1 unspecified atom stereocenters. The van der Waals surface area contributed by atoms with Gasteiger partial charge in [-0.3, -0.25) is 4.79 Å². The van der Waals surface area contributed by atoms with Gasteiger partial charge in [-0.2, -0.15) is 0 Å². The van der Waals surface area contributed by atoms with Crippen molar-refractivity contribution >= 4 is 39.1 Å². The average molecular weight is 497 g/mol. The topological polar surface area (TPSA) is 81.4 Å². The summed E-state index contributed by atoms with van der Waals surface area (Å²) in [6.07, 6.45) is -1.35. The second-order valence-electron chi connectivity index (χ2n) is 9.09. The predicted molar refractivity (Wildman–Crippen MR) is 136 cm³/mol. The van der Waals surface area contributed by atoms with Crippen LogP contribution in [0.4, 0.5) is 0 Å². The van der Waals surface area contributed by atoms with Crippen LogP contribution in [0, 0.1) is 13.8 Å². The fourth-order valence-corrected chi connectivity index (χ4v) is 4.93. The number of fused-ring (bicyclic) bond motifs is 1. The Labute approximate surface area is 206 Å². The fourth-order valence-electron chi connectivity index (χ4n) is 4.09. The molecular weight excluding hydrogens is 472 g/mol. The van der Waals surface area contributed by atoms with Gasteiger partial charge in [0.05, 0.1) is 27.0 Å². The van der Waals surface area contributed by atoms with Crippen molar-refractivity contribution in [1.29, 1.82) is 0 Å². The summed E-state index contributed by atoms with van der Waals surface area (Å²) >= 11 is 7.62. The van der Waals surface area contributed by atoms with Crippen molar-refractivity contribution in [2.45, 2.75) is 46.3 Å². The highest BCUT2D eigenvalue weighted by molar-refractivity contribution is 7.16. The molecule has 4 rings (SSSR count). The summed E-state index contributed by atoms with van der Waals surface area (Å²) in [6.45, 7) is 8.83. The summed E-state index contributed by atoms with van der Waals surface area (Å²) in [5.41, 5.74) is 4.80. The van der Waals surface area contributed by atoms with Gasteiger partial charge in [-0.05, 0) is 76.6 Å². The van der Waals surface area contributed by atoms with Crippen molar-refractivity contribution in [2.75, 3.05) is 0 Å². The largest absolute Gasteiger partial charge is 0.479 e. The van der Waals surface area contributed by atoms with Crippen LogP contribution in [0.1, 0.15) is 43.8 Å². The second kappa shape index (κ2) is 8.98. The lowest BCUT2D eigenvalue weighted by Gasteiger charge is -2.30. The number of aliphatic carboxylic acids is 1. The van der Waals surface area contributed by atoms with E-state index in [1.165, 1.54) is 11.3 Å². The third-order valence-corrected chi connectivity index (χ3v) is 6.58. The minimum absolute atomic E-state index is 0.231. The van der Waals surface area contributed by atoms with E-state index >= 15 is 0 Å². The zero-order chi connectivity index (χ0) is 24.8. The highest BCUT2D eigenvalue weighted by atomic mass is 35.5. The first-order valence-corrected chi connectivity index (χ1v) is 12.0. The summed E-state index contributed by atoms with van der Waals surface area (Å²) in [5.74, 6) is -1.17. The number of rotatable bonds is 5. The first-order chi connectivity index (χ1) is 16.0. The third kappa shape index (κ3) is 4.51. The number of halogens is 1. The van der Waals surface area contributed by atoms with E-state index in [0.29, 0.717) is 27.5 Å². The number of thiazole rings is 1. The van der Waals surface area contributed by atoms with Gasteiger partial charge in [-0.1, -0.05) is 17.7 Å². The van der Waals surface area contributed by atoms with Gasteiger partial charge in [0.2, 0.25) is 0 Å². The number of carboxylic acids is 1. The molecule has 0 aliphatic carbocycles. The quantitative estimate of drug-likeness (QED) is 0.349. The van der Waals surface area contributed by atoms with Crippen molar-refractivity contribution < 1.29 is 14.6 Å². The summed E-state index contributed by atoms with van der Waals surface area (Å²) in [4.78, 5) is 30.4. The number of hydrogen-bond acceptors (Lipinski definition) is 5. The Morgan fingerprint density at radius 1 is 1.15 bits per heavy atom. The van der Waals surface area contributed by atoms with Crippen LogP contribution in [0.25, 0.3) is 27.0 Å². The molecule has 0 spiro atoms. The number of aromatic nitrogens is 2. The maximum absolute atomic E-state index is 13.7. The molecule has 34 heavy (non-hydrogen) atoms. The van der Waals surface area contributed by atoms with Crippen LogP contribution in [-0.2, 0) is 9.53 Å². The van der Waals surface area contributed by atoms with Crippen molar-refractivity contribution in [3.05, 3.63) is 80.2 Å². The van der Waals surface area contributed by atoms with Gasteiger partial charge in [0, 0.05) is 27.5 Å². The first-order valence-electron chi connectivity index (χ1n) is 10.7. The van der Waals surface area contributed by atoms with Crippen molar-refractivity contribution in [3.63, 3.8) is 0 Å². The number of carboxylic acid groups (broad SMARTS) is 1.